The SMILES string of the molecule is O=C(Nc1sc2c(c1C(=O)O)CCN(C(=O)c1cc3ccccc3s1)C2)c1ccccc1. The smallest absolute Gasteiger partial charge is 0.339 e. The number of nitrogens with one attached hydrogen (secondary N) is 1. The number of thiophene rings is 2. The van der Waals surface area contributed by atoms with E-state index in [9.17, 15) is 19.5 Å². The van der Waals surface area contributed by atoms with Crippen LogP contribution in [0.1, 0.15) is 40.8 Å². The van der Waals surface area contributed by atoms with Crippen LogP contribution < -0.4 is 5.32 Å². The number of carboxylic acid groups (broad SMARTS) is 1. The van der Waals surface area contributed by atoms with E-state index in [1.807, 2.05) is 36.4 Å². The molecule has 0 atom stereocenters. The molecule has 0 spiro atoms. The van der Waals surface area contributed by atoms with Crippen molar-refractivity contribution in [2.45, 2.75) is 13.0 Å². The van der Waals surface area contributed by atoms with Crippen LogP contribution in [-0.4, -0.2) is 34.3 Å². The molecule has 0 aliphatic carbocycles. The average Bonchev–Trinajstić information content (AvgIpc) is 3.39. The molecule has 0 unspecified atom stereocenters. The first-order chi connectivity index (χ1) is 15.5. The molecule has 5 rings (SSSR count). The van der Waals surface area contributed by atoms with Gasteiger partial charge in [0.2, 0.25) is 0 Å². The molecule has 0 fully saturated rings. The molecule has 0 bridgehead atoms. The third kappa shape index (κ3) is 3.68. The lowest BCUT2D eigenvalue weighted by Gasteiger charge is -2.26. The van der Waals surface area contributed by atoms with Crippen molar-refractivity contribution in [2.24, 2.45) is 0 Å². The minimum atomic E-state index is -1.07. The third-order valence-corrected chi connectivity index (χ3v) is 7.69. The van der Waals surface area contributed by atoms with E-state index >= 15 is 0 Å². The number of aromatic carboxylic acids is 1. The van der Waals surface area contributed by atoms with E-state index in [2.05, 4.69) is 5.32 Å². The summed E-state index contributed by atoms with van der Waals surface area (Å²) < 4.78 is 1.06. The topological polar surface area (TPSA) is 86.7 Å². The second-order valence-corrected chi connectivity index (χ2v) is 9.65. The number of nitrogens with zero attached hydrogens (tertiary/aromatic N) is 1. The van der Waals surface area contributed by atoms with Crippen LogP contribution >= 0.6 is 22.7 Å². The lowest BCUT2D eigenvalue weighted by Crippen LogP contribution is -2.35. The molecule has 2 aromatic carbocycles. The molecule has 1 aliphatic heterocycles. The quantitative estimate of drug-likeness (QED) is 0.441. The minimum Gasteiger partial charge on any atom is -0.478 e. The number of rotatable bonds is 4. The highest BCUT2D eigenvalue weighted by Crippen LogP contribution is 2.38. The third-order valence-electron chi connectivity index (χ3n) is 5.46. The molecular formula is C24H18N2O4S2. The number of benzene rings is 2. The Bertz CT molecular complexity index is 1320. The van der Waals surface area contributed by atoms with Crippen molar-refractivity contribution in [3.63, 3.8) is 0 Å². The first kappa shape index (κ1) is 20.4. The van der Waals surface area contributed by atoms with E-state index in [1.165, 1.54) is 22.7 Å². The van der Waals surface area contributed by atoms with E-state index < -0.39 is 5.97 Å². The van der Waals surface area contributed by atoms with Crippen molar-refractivity contribution in [1.82, 2.24) is 4.90 Å². The maximum Gasteiger partial charge on any atom is 0.339 e. The molecule has 32 heavy (non-hydrogen) atoms. The molecule has 0 radical (unpaired) electrons. The van der Waals surface area contributed by atoms with Crippen LogP contribution in [-0.2, 0) is 13.0 Å². The van der Waals surface area contributed by atoms with Crippen LogP contribution in [0.3, 0.4) is 0 Å². The Labute approximate surface area is 191 Å². The fraction of sp³-hybridized carbons (Fsp3) is 0.125. The van der Waals surface area contributed by atoms with Gasteiger partial charge < -0.3 is 15.3 Å². The van der Waals surface area contributed by atoms with Crippen molar-refractivity contribution in [3.05, 3.63) is 87.1 Å². The normalized spacial score (nSPS) is 13.1. The Hall–Kier alpha value is -3.49. The first-order valence-corrected chi connectivity index (χ1v) is 11.7. The maximum atomic E-state index is 13.1. The van der Waals surface area contributed by atoms with Crippen LogP contribution in [0.5, 0.6) is 0 Å². The summed E-state index contributed by atoms with van der Waals surface area (Å²) in [6, 6.07) is 18.4. The zero-order chi connectivity index (χ0) is 22.2. The van der Waals surface area contributed by atoms with E-state index in [4.69, 9.17) is 0 Å². The van der Waals surface area contributed by atoms with Gasteiger partial charge in [0.1, 0.15) is 5.00 Å². The second-order valence-electron chi connectivity index (χ2n) is 7.46. The summed E-state index contributed by atoms with van der Waals surface area (Å²) in [7, 11) is 0. The molecular weight excluding hydrogens is 444 g/mol. The number of carbonyl (C=O) groups excluding carboxylic acids is 2. The summed E-state index contributed by atoms with van der Waals surface area (Å²) in [5.74, 6) is -1.49. The Kier molecular flexibility index (Phi) is 5.24. The van der Waals surface area contributed by atoms with Crippen molar-refractivity contribution >= 4 is 55.5 Å². The number of carbonyl (C=O) groups is 3. The van der Waals surface area contributed by atoms with Gasteiger partial charge in [0.25, 0.3) is 11.8 Å². The van der Waals surface area contributed by atoms with Gasteiger partial charge >= 0.3 is 5.97 Å². The van der Waals surface area contributed by atoms with Crippen molar-refractivity contribution in [1.29, 1.82) is 0 Å². The van der Waals surface area contributed by atoms with Crippen molar-refractivity contribution in [2.75, 3.05) is 11.9 Å². The van der Waals surface area contributed by atoms with Crippen molar-refractivity contribution < 1.29 is 19.5 Å². The summed E-state index contributed by atoms with van der Waals surface area (Å²) >= 11 is 2.69. The van der Waals surface area contributed by atoms with Gasteiger partial charge in [-0.05, 0) is 41.6 Å². The summed E-state index contributed by atoms with van der Waals surface area (Å²) in [6.07, 6.45) is 0.436. The molecule has 4 aromatic rings. The zero-order valence-corrected chi connectivity index (χ0v) is 18.5. The molecule has 0 saturated carbocycles. The van der Waals surface area contributed by atoms with Gasteiger partial charge in [0.15, 0.2) is 0 Å². The Balaban J connectivity index is 1.41. The van der Waals surface area contributed by atoms with Crippen LogP contribution in [0, 0.1) is 0 Å². The molecule has 2 amide bonds. The Morgan fingerprint density at radius 3 is 2.47 bits per heavy atom. The summed E-state index contributed by atoms with van der Waals surface area (Å²) in [5, 5.41) is 13.9. The Morgan fingerprint density at radius 1 is 0.969 bits per heavy atom. The molecule has 1 aliphatic rings. The predicted molar refractivity (Wildman–Crippen MR) is 126 cm³/mol. The zero-order valence-electron chi connectivity index (χ0n) is 16.8. The second kappa shape index (κ2) is 8.22. The molecule has 2 aromatic heterocycles. The highest BCUT2D eigenvalue weighted by Gasteiger charge is 2.31. The molecule has 6 nitrogen and oxygen atoms in total. The standard InChI is InChI=1S/C24H18N2O4S2/c27-21(14-6-2-1-3-7-14)25-22-20(24(29)30)16-10-11-26(13-19(16)32-22)23(28)18-12-15-8-4-5-9-17(15)31-18/h1-9,12H,10-11,13H2,(H,25,27)(H,29,30). The van der Waals surface area contributed by atoms with Gasteiger partial charge in [0, 0.05) is 21.7 Å². The summed E-state index contributed by atoms with van der Waals surface area (Å²) in [5.41, 5.74) is 1.28. The van der Waals surface area contributed by atoms with E-state index in [1.54, 1.807) is 29.2 Å². The fourth-order valence-corrected chi connectivity index (χ4v) is 6.18. The van der Waals surface area contributed by atoms with Crippen LogP contribution in [0.15, 0.2) is 60.7 Å². The first-order valence-electron chi connectivity index (χ1n) is 10.0. The molecule has 160 valence electrons. The number of carboxylic acids is 1. The minimum absolute atomic E-state index is 0.0583. The van der Waals surface area contributed by atoms with Crippen LogP contribution in [0.2, 0.25) is 0 Å². The van der Waals surface area contributed by atoms with Crippen LogP contribution in [0.4, 0.5) is 5.00 Å². The molecule has 2 N–H and O–H groups in total. The van der Waals surface area contributed by atoms with Gasteiger partial charge in [-0.1, -0.05) is 36.4 Å². The highest BCUT2D eigenvalue weighted by molar-refractivity contribution is 7.20. The van der Waals surface area contributed by atoms with E-state index in [0.717, 1.165) is 15.0 Å². The predicted octanol–water partition coefficient (Wildman–Crippen LogP) is 5.11. The van der Waals surface area contributed by atoms with Crippen molar-refractivity contribution in [3.8, 4) is 0 Å². The van der Waals surface area contributed by atoms with Gasteiger partial charge in [0.05, 0.1) is 17.0 Å². The van der Waals surface area contributed by atoms with Gasteiger partial charge in [-0.25, -0.2) is 4.79 Å². The molecule has 0 saturated heterocycles. The summed E-state index contributed by atoms with van der Waals surface area (Å²) in [4.78, 5) is 40.9. The largest absolute Gasteiger partial charge is 0.478 e. The number of amides is 2. The Morgan fingerprint density at radius 2 is 1.72 bits per heavy atom. The molecule has 3 heterocycles. The number of hydrogen-bond donors (Lipinski definition) is 2. The van der Waals surface area contributed by atoms with Gasteiger partial charge in [-0.15, -0.1) is 22.7 Å². The van der Waals surface area contributed by atoms with E-state index in [-0.39, 0.29) is 17.4 Å². The van der Waals surface area contributed by atoms with Gasteiger partial charge in [-0.3, -0.25) is 9.59 Å². The lowest BCUT2D eigenvalue weighted by atomic mass is 10.0. The van der Waals surface area contributed by atoms with E-state index in [0.29, 0.717) is 40.5 Å². The molecule has 8 heteroatoms. The number of anilines is 1. The highest BCUT2D eigenvalue weighted by atomic mass is 32.1. The number of hydrogen-bond acceptors (Lipinski definition) is 5. The lowest BCUT2D eigenvalue weighted by molar-refractivity contribution is 0.0696. The fourth-order valence-electron chi connectivity index (χ4n) is 3.90. The summed E-state index contributed by atoms with van der Waals surface area (Å²) in [6.45, 7) is 0.762. The van der Waals surface area contributed by atoms with Crippen LogP contribution in [0.25, 0.3) is 10.1 Å². The monoisotopic (exact) mass is 462 g/mol. The average molecular weight is 463 g/mol. The van der Waals surface area contributed by atoms with Gasteiger partial charge in [-0.2, -0.15) is 0 Å². The number of fused-ring (bicyclic) bond motifs is 2. The maximum absolute atomic E-state index is 13.1.